The van der Waals surface area contributed by atoms with E-state index < -0.39 is 0 Å². The lowest BCUT2D eigenvalue weighted by molar-refractivity contribution is -0.119. The van der Waals surface area contributed by atoms with Gasteiger partial charge in [-0.05, 0) is 74.7 Å². The summed E-state index contributed by atoms with van der Waals surface area (Å²) in [6, 6.07) is 10.8. The molecule has 8 rings (SSSR count). The molecule has 1 aliphatic carbocycles. The van der Waals surface area contributed by atoms with Crippen LogP contribution in [0, 0.1) is 11.7 Å². The van der Waals surface area contributed by atoms with Crippen LogP contribution in [-0.2, 0) is 4.79 Å². The van der Waals surface area contributed by atoms with Gasteiger partial charge in [-0.2, -0.15) is 5.10 Å². The van der Waals surface area contributed by atoms with E-state index >= 15 is 0 Å². The molecule has 0 bridgehead atoms. The maximum absolute atomic E-state index is 14.8. The van der Waals surface area contributed by atoms with Crippen molar-refractivity contribution in [1.82, 2.24) is 35.0 Å². The highest BCUT2D eigenvalue weighted by atomic mass is 19.1. The van der Waals surface area contributed by atoms with Gasteiger partial charge in [-0.25, -0.2) is 9.37 Å². The number of likely N-dealkylation sites (tertiary alicyclic amines) is 1. The number of nitrogens with one attached hydrogen (secondary N) is 3. The van der Waals surface area contributed by atoms with E-state index in [1.807, 2.05) is 24.3 Å². The number of carbonyl (C=O) groups excluding carboxylic acids is 1. The molecule has 1 aromatic carbocycles. The van der Waals surface area contributed by atoms with Crippen molar-refractivity contribution in [3.63, 3.8) is 0 Å². The molecule has 1 saturated carbocycles. The van der Waals surface area contributed by atoms with Crippen LogP contribution in [0.25, 0.3) is 55.6 Å². The van der Waals surface area contributed by atoms with E-state index in [2.05, 4.69) is 40.3 Å². The molecule has 1 amide bonds. The van der Waals surface area contributed by atoms with Crippen LogP contribution in [0.4, 0.5) is 10.1 Å². The van der Waals surface area contributed by atoms with Crippen molar-refractivity contribution >= 4 is 33.5 Å². The number of pyridine rings is 3. The van der Waals surface area contributed by atoms with Crippen molar-refractivity contribution in [2.24, 2.45) is 5.92 Å². The van der Waals surface area contributed by atoms with Crippen molar-refractivity contribution in [3.8, 4) is 39.4 Å². The van der Waals surface area contributed by atoms with Gasteiger partial charge in [0.25, 0.3) is 0 Å². The lowest BCUT2D eigenvalue weighted by Crippen LogP contribution is -2.25. The van der Waals surface area contributed by atoms with Gasteiger partial charge in [0.2, 0.25) is 5.91 Å². The number of amides is 1. The third-order valence-electron chi connectivity index (χ3n) is 9.35. The number of hydrogen-bond donors (Lipinski definition) is 3. The smallest absolute Gasteiger partial charge is 0.227 e. The van der Waals surface area contributed by atoms with Crippen LogP contribution in [0.5, 0.6) is 5.75 Å². The first-order valence-electron chi connectivity index (χ1n) is 16.3. The van der Waals surface area contributed by atoms with Crippen molar-refractivity contribution in [2.45, 2.75) is 38.5 Å². The van der Waals surface area contributed by atoms with Crippen molar-refractivity contribution < 1.29 is 13.9 Å². The summed E-state index contributed by atoms with van der Waals surface area (Å²) >= 11 is 0. The molecule has 47 heavy (non-hydrogen) atoms. The summed E-state index contributed by atoms with van der Waals surface area (Å²) in [4.78, 5) is 32.0. The number of rotatable bonds is 9. The Kier molecular flexibility index (Phi) is 7.82. The van der Waals surface area contributed by atoms with Crippen LogP contribution in [0.1, 0.15) is 38.5 Å². The van der Waals surface area contributed by atoms with Gasteiger partial charge in [0.1, 0.15) is 18.2 Å². The molecular formula is C36H35FN8O2. The van der Waals surface area contributed by atoms with E-state index in [0.717, 1.165) is 89.7 Å². The van der Waals surface area contributed by atoms with Crippen molar-refractivity contribution in [1.29, 1.82) is 0 Å². The predicted octanol–water partition coefficient (Wildman–Crippen LogP) is 6.97. The average molecular weight is 631 g/mol. The van der Waals surface area contributed by atoms with Crippen LogP contribution in [0.3, 0.4) is 0 Å². The first kappa shape index (κ1) is 29.3. The van der Waals surface area contributed by atoms with Crippen LogP contribution in [0.2, 0.25) is 0 Å². The average Bonchev–Trinajstić information content (AvgIpc) is 3.91. The zero-order valence-electron chi connectivity index (χ0n) is 25.9. The molecule has 5 aromatic heterocycles. The summed E-state index contributed by atoms with van der Waals surface area (Å²) in [5.41, 5.74) is 6.77. The second-order valence-electron chi connectivity index (χ2n) is 12.5. The maximum Gasteiger partial charge on any atom is 0.227 e. The normalized spacial score (nSPS) is 15.6. The zero-order valence-corrected chi connectivity index (χ0v) is 25.9. The molecule has 0 atom stereocenters. The Morgan fingerprint density at radius 2 is 1.72 bits per heavy atom. The monoisotopic (exact) mass is 630 g/mol. The number of aromatic nitrogens is 6. The highest BCUT2D eigenvalue weighted by Gasteiger charge is 2.23. The maximum atomic E-state index is 14.8. The van der Waals surface area contributed by atoms with E-state index in [1.165, 1.54) is 25.0 Å². The summed E-state index contributed by atoms with van der Waals surface area (Å²) in [7, 11) is 0. The van der Waals surface area contributed by atoms with Gasteiger partial charge >= 0.3 is 0 Å². The molecule has 10 nitrogen and oxygen atoms in total. The lowest BCUT2D eigenvalue weighted by Gasteiger charge is -2.15. The Balaban J connectivity index is 1.08. The van der Waals surface area contributed by atoms with Crippen molar-refractivity contribution in [2.75, 3.05) is 31.6 Å². The first-order valence-corrected chi connectivity index (χ1v) is 16.3. The minimum absolute atomic E-state index is 0.0549. The Labute approximate surface area is 270 Å². The van der Waals surface area contributed by atoms with Crippen molar-refractivity contribution in [3.05, 3.63) is 73.2 Å². The van der Waals surface area contributed by atoms with Crippen LogP contribution < -0.4 is 10.1 Å². The Hall–Kier alpha value is -5.16. The quantitative estimate of drug-likeness (QED) is 0.158. The van der Waals surface area contributed by atoms with Gasteiger partial charge in [-0.1, -0.05) is 12.8 Å². The van der Waals surface area contributed by atoms with E-state index in [4.69, 9.17) is 4.74 Å². The minimum Gasteiger partial charge on any atom is -0.492 e. The summed E-state index contributed by atoms with van der Waals surface area (Å²) in [6.45, 7) is 3.53. The standard InChI is InChI=1S/C36H35FN8O2/c37-26-11-23(13-28(15-26)47-10-9-45-7-3-4-8-45)31-20-39-21-33-29(31)16-32(42-33)34-30-14-25(18-40-35(30)44-43-34)24-12-27(19-38-17-24)41-36(46)22-5-1-2-6-22/h11-22,42H,1-10H2,(H,41,46)(H,40,43,44). The van der Waals surface area contributed by atoms with Gasteiger partial charge in [0, 0.05) is 64.6 Å². The SMILES string of the molecule is O=C(Nc1cncc(-c2cnc3n[nH]c(-c4cc5c(-c6cc(F)cc(OCCN7CCCC7)c6)cncc5[nH]4)c3c2)c1)C1CCCC1. The molecule has 11 heteroatoms. The number of benzene rings is 1. The van der Waals surface area contributed by atoms with E-state index in [0.29, 0.717) is 29.3 Å². The number of H-pyrrole nitrogens is 2. The Bertz CT molecular complexity index is 2080. The Morgan fingerprint density at radius 1 is 0.894 bits per heavy atom. The number of ether oxygens (including phenoxy) is 1. The van der Waals surface area contributed by atoms with Crippen LogP contribution >= 0.6 is 0 Å². The van der Waals surface area contributed by atoms with Gasteiger partial charge in [0.05, 0.1) is 35.0 Å². The molecule has 0 unspecified atom stereocenters. The third-order valence-corrected chi connectivity index (χ3v) is 9.35. The molecule has 1 aliphatic heterocycles. The minimum atomic E-state index is -0.360. The summed E-state index contributed by atoms with van der Waals surface area (Å²) in [6.07, 6.45) is 15.2. The second kappa shape index (κ2) is 12.6. The topological polar surface area (TPSA) is 125 Å². The largest absolute Gasteiger partial charge is 0.492 e. The van der Waals surface area contributed by atoms with Gasteiger partial charge in [-0.15, -0.1) is 0 Å². The molecule has 0 radical (unpaired) electrons. The molecule has 2 aliphatic rings. The zero-order chi connectivity index (χ0) is 31.7. The highest BCUT2D eigenvalue weighted by Crippen LogP contribution is 2.36. The van der Waals surface area contributed by atoms with Crippen LogP contribution in [0.15, 0.2) is 67.4 Å². The number of nitrogens with zero attached hydrogens (tertiary/aromatic N) is 5. The molecule has 1 saturated heterocycles. The van der Waals surface area contributed by atoms with E-state index in [-0.39, 0.29) is 17.6 Å². The van der Waals surface area contributed by atoms with Gasteiger partial charge < -0.3 is 15.0 Å². The molecule has 3 N–H and O–H groups in total. The fraction of sp³-hybridized carbons (Fsp3) is 0.306. The molecule has 2 fully saturated rings. The highest BCUT2D eigenvalue weighted by molar-refractivity contribution is 6.01. The molecule has 238 valence electrons. The Morgan fingerprint density at radius 3 is 2.60 bits per heavy atom. The van der Waals surface area contributed by atoms with Gasteiger partial charge in [-0.3, -0.25) is 24.8 Å². The molecule has 6 aromatic rings. The summed E-state index contributed by atoms with van der Waals surface area (Å²) < 4.78 is 20.8. The van der Waals surface area contributed by atoms with Gasteiger partial charge in [0.15, 0.2) is 5.65 Å². The predicted molar refractivity (Wildman–Crippen MR) is 179 cm³/mol. The molecule has 0 spiro atoms. The van der Waals surface area contributed by atoms with Crippen LogP contribution in [-0.4, -0.2) is 67.2 Å². The fourth-order valence-electron chi connectivity index (χ4n) is 6.88. The second-order valence-corrected chi connectivity index (χ2v) is 12.5. The summed E-state index contributed by atoms with van der Waals surface area (Å²) in [5.74, 6) is 0.264. The summed E-state index contributed by atoms with van der Waals surface area (Å²) in [5, 5.41) is 12.3. The number of fused-ring (bicyclic) bond motifs is 2. The number of anilines is 1. The third kappa shape index (κ3) is 6.06. The number of hydrogen-bond acceptors (Lipinski definition) is 7. The van der Waals surface area contributed by atoms with E-state index in [9.17, 15) is 9.18 Å². The van der Waals surface area contributed by atoms with E-state index in [1.54, 1.807) is 31.0 Å². The molecule has 6 heterocycles. The fourth-order valence-corrected chi connectivity index (χ4v) is 6.88. The molecular weight excluding hydrogens is 595 g/mol. The lowest BCUT2D eigenvalue weighted by atomic mass is 10.0. The number of carbonyl (C=O) groups is 1. The number of aromatic amines is 2. The first-order chi connectivity index (χ1) is 23.1. The number of halogens is 1.